The number of rotatable bonds is 8. The lowest BCUT2D eigenvalue weighted by molar-refractivity contribution is -0.154. The van der Waals surface area contributed by atoms with Crippen LogP contribution in [-0.2, 0) is 20.7 Å². The lowest BCUT2D eigenvalue weighted by atomic mass is 9.69. The smallest absolute Gasteiger partial charge is 0.407 e. The van der Waals surface area contributed by atoms with Crippen LogP contribution in [0.25, 0.3) is 0 Å². The van der Waals surface area contributed by atoms with Gasteiger partial charge in [0.05, 0.1) is 12.5 Å². The summed E-state index contributed by atoms with van der Waals surface area (Å²) in [7, 11) is 1.29. The van der Waals surface area contributed by atoms with Gasteiger partial charge in [-0.25, -0.2) is 4.79 Å². The zero-order chi connectivity index (χ0) is 21.9. The lowest BCUT2D eigenvalue weighted by Crippen LogP contribution is -2.44. The molecule has 0 bridgehead atoms. The Balaban J connectivity index is 1.79. The van der Waals surface area contributed by atoms with Gasteiger partial charge in [-0.1, -0.05) is 31.5 Å². The van der Waals surface area contributed by atoms with Crippen molar-refractivity contribution in [3.8, 4) is 0 Å². The summed E-state index contributed by atoms with van der Waals surface area (Å²) in [6.45, 7) is 4.40. The van der Waals surface area contributed by atoms with Gasteiger partial charge in [-0.3, -0.25) is 9.59 Å². The highest BCUT2D eigenvalue weighted by atomic mass is 16.5. The van der Waals surface area contributed by atoms with Gasteiger partial charge in [0.25, 0.3) is 0 Å². The molecule has 2 aliphatic rings. The van der Waals surface area contributed by atoms with Crippen LogP contribution >= 0.6 is 0 Å². The number of aliphatic carboxylic acids is 1. The number of para-hydroxylation sites is 1. The maximum atomic E-state index is 13.3. The first kappa shape index (κ1) is 22.1. The molecule has 0 aromatic heterocycles. The third kappa shape index (κ3) is 4.30. The van der Waals surface area contributed by atoms with Gasteiger partial charge < -0.3 is 20.1 Å². The van der Waals surface area contributed by atoms with E-state index in [0.29, 0.717) is 19.4 Å². The molecule has 30 heavy (non-hydrogen) atoms. The summed E-state index contributed by atoms with van der Waals surface area (Å²) in [5, 5.41) is 12.9. The summed E-state index contributed by atoms with van der Waals surface area (Å²) in [5.41, 5.74) is 1.01. The number of anilines is 1. The zero-order valence-corrected chi connectivity index (χ0v) is 18.0. The molecule has 0 radical (unpaired) electrons. The highest BCUT2D eigenvalue weighted by molar-refractivity contribution is 5.95. The highest BCUT2D eigenvalue weighted by Gasteiger charge is 2.58. The molecular formula is C23H32N2O5. The van der Waals surface area contributed by atoms with Gasteiger partial charge in [0.1, 0.15) is 0 Å². The predicted octanol–water partition coefficient (Wildman–Crippen LogP) is 3.61. The van der Waals surface area contributed by atoms with Crippen LogP contribution in [0.4, 0.5) is 10.5 Å². The second-order valence-electron chi connectivity index (χ2n) is 8.64. The molecule has 1 aliphatic carbocycles. The van der Waals surface area contributed by atoms with Crippen LogP contribution in [-0.4, -0.2) is 42.8 Å². The molecule has 7 nitrogen and oxygen atoms in total. The monoisotopic (exact) mass is 416 g/mol. The van der Waals surface area contributed by atoms with Crippen molar-refractivity contribution in [2.24, 2.45) is 17.3 Å². The van der Waals surface area contributed by atoms with E-state index in [0.717, 1.165) is 30.5 Å². The second-order valence-corrected chi connectivity index (χ2v) is 8.64. The maximum Gasteiger partial charge on any atom is 0.407 e. The Kier molecular flexibility index (Phi) is 6.68. The lowest BCUT2D eigenvalue weighted by Gasteiger charge is -2.37. The maximum absolute atomic E-state index is 13.3. The van der Waals surface area contributed by atoms with E-state index < -0.39 is 17.5 Å². The molecule has 1 saturated carbocycles. The number of methoxy groups -OCH3 is 1. The van der Waals surface area contributed by atoms with E-state index in [-0.39, 0.29) is 30.2 Å². The topological polar surface area (TPSA) is 95.9 Å². The number of hydrogen-bond donors (Lipinski definition) is 2. The minimum Gasteiger partial charge on any atom is -0.481 e. The van der Waals surface area contributed by atoms with Crippen LogP contribution < -0.4 is 10.2 Å². The second kappa shape index (κ2) is 9.06. The number of carboxylic acids is 1. The predicted molar refractivity (Wildman–Crippen MR) is 113 cm³/mol. The number of carbonyl (C=O) groups excluding carboxylic acids is 2. The number of benzene rings is 1. The van der Waals surface area contributed by atoms with Gasteiger partial charge in [-0.2, -0.15) is 0 Å². The van der Waals surface area contributed by atoms with Gasteiger partial charge in [-0.15, -0.1) is 0 Å². The molecule has 1 fully saturated rings. The Morgan fingerprint density at radius 3 is 2.73 bits per heavy atom. The van der Waals surface area contributed by atoms with E-state index in [1.54, 1.807) is 6.92 Å². The molecular weight excluding hydrogens is 384 g/mol. The van der Waals surface area contributed by atoms with E-state index in [1.165, 1.54) is 7.11 Å². The number of nitrogens with one attached hydrogen (secondary N) is 1. The number of hydrogen-bond acceptors (Lipinski definition) is 4. The molecule has 2 unspecified atom stereocenters. The van der Waals surface area contributed by atoms with Gasteiger partial charge in [0, 0.05) is 24.7 Å². The zero-order valence-electron chi connectivity index (χ0n) is 18.0. The summed E-state index contributed by atoms with van der Waals surface area (Å²) < 4.78 is 4.65. The summed E-state index contributed by atoms with van der Waals surface area (Å²) in [5.74, 6) is -1.46. The summed E-state index contributed by atoms with van der Waals surface area (Å²) in [4.78, 5) is 39.1. The first-order valence-electron chi connectivity index (χ1n) is 10.8. The Morgan fingerprint density at radius 2 is 2.07 bits per heavy atom. The Morgan fingerprint density at radius 1 is 1.33 bits per heavy atom. The largest absolute Gasteiger partial charge is 0.481 e. The van der Waals surface area contributed by atoms with Crippen molar-refractivity contribution < 1.29 is 24.2 Å². The molecule has 0 saturated heterocycles. The van der Waals surface area contributed by atoms with Crippen molar-refractivity contribution in [1.82, 2.24) is 5.32 Å². The molecule has 2 amide bonds. The average molecular weight is 417 g/mol. The van der Waals surface area contributed by atoms with E-state index in [2.05, 4.69) is 10.1 Å². The highest BCUT2D eigenvalue weighted by Crippen LogP contribution is 2.52. The molecule has 4 atom stereocenters. The summed E-state index contributed by atoms with van der Waals surface area (Å²) in [6, 6.07) is 7.70. The number of alkyl carbamates (subject to hydrolysis) is 1. The number of carbonyl (C=O) groups is 3. The minimum absolute atomic E-state index is 0.0220. The van der Waals surface area contributed by atoms with Crippen molar-refractivity contribution in [3.05, 3.63) is 29.8 Å². The van der Waals surface area contributed by atoms with Crippen LogP contribution in [0.1, 0.15) is 51.5 Å². The fourth-order valence-electron chi connectivity index (χ4n) is 4.94. The van der Waals surface area contributed by atoms with Gasteiger partial charge in [-0.05, 0) is 56.1 Å². The normalized spacial score (nSPS) is 23.0. The Hall–Kier alpha value is -2.57. The summed E-state index contributed by atoms with van der Waals surface area (Å²) >= 11 is 0. The SMILES string of the molecule is CCC[C@@H](CC(=O)N1CCCc2ccccc21)[C@@](C)(C(=O)O)C1CC1NC(=O)OC. The number of carboxylic acid groups (broad SMARTS) is 1. The number of ether oxygens (including phenoxy) is 1. The Bertz CT molecular complexity index is 811. The molecule has 2 N–H and O–H groups in total. The third-order valence-corrected chi connectivity index (χ3v) is 6.83. The average Bonchev–Trinajstić information content (AvgIpc) is 3.51. The summed E-state index contributed by atoms with van der Waals surface area (Å²) in [6.07, 6.45) is 3.51. The molecule has 1 aromatic rings. The molecule has 164 valence electrons. The van der Waals surface area contributed by atoms with Crippen molar-refractivity contribution in [1.29, 1.82) is 0 Å². The van der Waals surface area contributed by atoms with E-state index >= 15 is 0 Å². The van der Waals surface area contributed by atoms with Gasteiger partial charge in [0.15, 0.2) is 0 Å². The van der Waals surface area contributed by atoms with Crippen molar-refractivity contribution >= 4 is 23.7 Å². The van der Waals surface area contributed by atoms with Gasteiger partial charge >= 0.3 is 12.1 Å². The van der Waals surface area contributed by atoms with Crippen LogP contribution in [0.15, 0.2) is 24.3 Å². The van der Waals surface area contributed by atoms with Crippen LogP contribution in [0.3, 0.4) is 0 Å². The standard InChI is InChI=1S/C23H32N2O5/c1-4-8-16(23(2,21(27)28)17-14-18(17)24-22(29)30-3)13-20(26)25-12-7-10-15-9-5-6-11-19(15)25/h5-6,9,11,16-18H,4,7-8,10,12-14H2,1-3H3,(H,24,29)(H,27,28)/t16-,17?,18?,23+/m0/s1. The van der Waals surface area contributed by atoms with Crippen LogP contribution in [0.5, 0.6) is 0 Å². The van der Waals surface area contributed by atoms with Crippen molar-refractivity contribution in [2.45, 2.75) is 58.4 Å². The van der Waals surface area contributed by atoms with Crippen molar-refractivity contribution in [2.75, 3.05) is 18.6 Å². The van der Waals surface area contributed by atoms with Crippen LogP contribution in [0.2, 0.25) is 0 Å². The fraction of sp³-hybridized carbons (Fsp3) is 0.609. The molecule has 1 heterocycles. The third-order valence-electron chi connectivity index (χ3n) is 6.83. The molecule has 3 rings (SSSR count). The number of nitrogens with zero attached hydrogens (tertiary/aromatic N) is 1. The molecule has 7 heteroatoms. The number of fused-ring (bicyclic) bond motifs is 1. The van der Waals surface area contributed by atoms with Crippen LogP contribution in [0, 0.1) is 17.3 Å². The molecule has 1 aliphatic heterocycles. The number of amides is 2. The molecule has 1 aromatic carbocycles. The Labute approximate surface area is 177 Å². The van der Waals surface area contributed by atoms with Crippen molar-refractivity contribution in [3.63, 3.8) is 0 Å². The first-order chi connectivity index (χ1) is 14.3. The molecule has 0 spiro atoms. The van der Waals surface area contributed by atoms with Gasteiger partial charge in [0.2, 0.25) is 5.91 Å². The van der Waals surface area contributed by atoms with E-state index in [9.17, 15) is 19.5 Å². The van der Waals surface area contributed by atoms with E-state index in [1.807, 2.05) is 36.1 Å². The quantitative estimate of drug-likeness (QED) is 0.675. The first-order valence-corrected chi connectivity index (χ1v) is 10.8. The minimum atomic E-state index is -1.09. The fourth-order valence-corrected chi connectivity index (χ4v) is 4.94. The van der Waals surface area contributed by atoms with E-state index in [4.69, 9.17) is 0 Å². The number of aryl methyl sites for hydroxylation is 1.